The monoisotopic (exact) mass is 220 g/mol. The molecule has 0 bridgehead atoms. The van der Waals surface area contributed by atoms with Crippen molar-refractivity contribution < 1.29 is 4.39 Å². The summed E-state index contributed by atoms with van der Waals surface area (Å²) in [6.45, 7) is 2.45. The molecule has 0 aliphatic carbocycles. The zero-order valence-corrected chi connectivity index (χ0v) is 9.00. The number of hydrogen-bond acceptors (Lipinski definition) is 3. The molecule has 0 spiro atoms. The van der Waals surface area contributed by atoms with Crippen LogP contribution < -0.4 is 5.73 Å². The number of nitrogens with two attached hydrogens (primary N) is 1. The van der Waals surface area contributed by atoms with E-state index in [-0.39, 0.29) is 5.82 Å². The van der Waals surface area contributed by atoms with E-state index in [1.807, 2.05) is 6.92 Å². The summed E-state index contributed by atoms with van der Waals surface area (Å²) in [5.74, 6) is 0.486. The van der Waals surface area contributed by atoms with Gasteiger partial charge in [0.2, 0.25) is 0 Å². The summed E-state index contributed by atoms with van der Waals surface area (Å²) in [7, 11) is 0. The van der Waals surface area contributed by atoms with E-state index in [4.69, 9.17) is 5.73 Å². The third kappa shape index (κ3) is 2.09. The van der Waals surface area contributed by atoms with Crippen molar-refractivity contribution in [1.29, 1.82) is 0 Å². The molecule has 3 N–H and O–H groups in total. The van der Waals surface area contributed by atoms with Gasteiger partial charge in [0, 0.05) is 12.1 Å². The second kappa shape index (κ2) is 4.40. The molecule has 2 rings (SSSR count). The van der Waals surface area contributed by atoms with Gasteiger partial charge in [0.05, 0.1) is 11.9 Å². The van der Waals surface area contributed by atoms with Crippen LogP contribution in [0.2, 0.25) is 0 Å². The summed E-state index contributed by atoms with van der Waals surface area (Å²) in [5.41, 5.74) is 7.79. The number of nitrogens with zero attached hydrogens (tertiary/aromatic N) is 2. The SMILES string of the molecule is Cc1[nH]c(CCN)nc1-c1ccc(F)cn1. The molecule has 2 aromatic heterocycles. The van der Waals surface area contributed by atoms with E-state index in [0.717, 1.165) is 17.2 Å². The Morgan fingerprint density at radius 3 is 2.88 bits per heavy atom. The van der Waals surface area contributed by atoms with Gasteiger partial charge in [-0.05, 0) is 25.6 Å². The number of aromatic amines is 1. The van der Waals surface area contributed by atoms with Crippen LogP contribution in [-0.4, -0.2) is 21.5 Å². The first-order chi connectivity index (χ1) is 7.70. The average molecular weight is 220 g/mol. The van der Waals surface area contributed by atoms with Crippen molar-refractivity contribution in [3.8, 4) is 11.4 Å². The van der Waals surface area contributed by atoms with Crippen molar-refractivity contribution in [2.45, 2.75) is 13.3 Å². The maximum absolute atomic E-state index is 12.7. The summed E-state index contributed by atoms with van der Waals surface area (Å²) in [5, 5.41) is 0. The molecule has 0 aliphatic heterocycles. The second-order valence-electron chi connectivity index (χ2n) is 3.56. The summed E-state index contributed by atoms with van der Waals surface area (Å²) in [6, 6.07) is 2.99. The standard InChI is InChI=1S/C11H13FN4/c1-7-11(16-10(15-7)4-5-13)9-3-2-8(12)6-14-9/h2-3,6H,4-5,13H2,1H3,(H,15,16). The first-order valence-electron chi connectivity index (χ1n) is 5.08. The number of H-pyrrole nitrogens is 1. The summed E-state index contributed by atoms with van der Waals surface area (Å²) in [6.07, 6.45) is 1.88. The van der Waals surface area contributed by atoms with E-state index in [1.54, 1.807) is 6.07 Å². The Hall–Kier alpha value is -1.75. The molecule has 2 aromatic rings. The van der Waals surface area contributed by atoms with Gasteiger partial charge in [0.15, 0.2) is 0 Å². The quantitative estimate of drug-likeness (QED) is 0.822. The van der Waals surface area contributed by atoms with Gasteiger partial charge in [-0.2, -0.15) is 0 Å². The van der Waals surface area contributed by atoms with Crippen LogP contribution in [0.4, 0.5) is 4.39 Å². The lowest BCUT2D eigenvalue weighted by Gasteiger charge is -1.96. The molecule has 0 fully saturated rings. The molecule has 2 heterocycles. The van der Waals surface area contributed by atoms with Crippen LogP contribution in [0, 0.1) is 12.7 Å². The highest BCUT2D eigenvalue weighted by molar-refractivity contribution is 5.56. The molecule has 0 radical (unpaired) electrons. The van der Waals surface area contributed by atoms with E-state index in [9.17, 15) is 4.39 Å². The Kier molecular flexibility index (Phi) is 2.96. The van der Waals surface area contributed by atoms with Crippen molar-refractivity contribution in [1.82, 2.24) is 15.0 Å². The fourth-order valence-electron chi connectivity index (χ4n) is 1.54. The second-order valence-corrected chi connectivity index (χ2v) is 3.56. The van der Waals surface area contributed by atoms with Crippen molar-refractivity contribution in [3.63, 3.8) is 0 Å². The van der Waals surface area contributed by atoms with E-state index in [0.29, 0.717) is 18.7 Å². The molecule has 0 atom stereocenters. The maximum atomic E-state index is 12.7. The van der Waals surface area contributed by atoms with E-state index in [1.165, 1.54) is 12.3 Å². The topological polar surface area (TPSA) is 67.6 Å². The van der Waals surface area contributed by atoms with Gasteiger partial charge in [-0.3, -0.25) is 4.98 Å². The molecular formula is C11H13FN4. The molecule has 84 valence electrons. The minimum absolute atomic E-state index is 0.348. The molecule has 0 saturated carbocycles. The third-order valence-electron chi connectivity index (χ3n) is 2.28. The van der Waals surface area contributed by atoms with Gasteiger partial charge < -0.3 is 10.7 Å². The van der Waals surface area contributed by atoms with Gasteiger partial charge in [0.25, 0.3) is 0 Å². The van der Waals surface area contributed by atoms with E-state index >= 15 is 0 Å². The smallest absolute Gasteiger partial charge is 0.141 e. The van der Waals surface area contributed by atoms with Gasteiger partial charge in [-0.1, -0.05) is 0 Å². The molecule has 0 unspecified atom stereocenters. The summed E-state index contributed by atoms with van der Waals surface area (Å²) in [4.78, 5) is 11.5. The van der Waals surface area contributed by atoms with Gasteiger partial charge in [-0.25, -0.2) is 9.37 Å². The fourth-order valence-corrected chi connectivity index (χ4v) is 1.54. The third-order valence-corrected chi connectivity index (χ3v) is 2.28. The zero-order valence-electron chi connectivity index (χ0n) is 9.00. The molecule has 5 heteroatoms. The van der Waals surface area contributed by atoms with Gasteiger partial charge >= 0.3 is 0 Å². The lowest BCUT2D eigenvalue weighted by atomic mass is 10.2. The van der Waals surface area contributed by atoms with Crippen molar-refractivity contribution in [2.24, 2.45) is 5.73 Å². The number of imidazole rings is 1. The van der Waals surface area contributed by atoms with E-state index in [2.05, 4.69) is 15.0 Å². The Labute approximate surface area is 92.7 Å². The van der Waals surface area contributed by atoms with Gasteiger partial charge in [0.1, 0.15) is 17.3 Å². The number of aromatic nitrogens is 3. The Morgan fingerprint density at radius 1 is 1.44 bits per heavy atom. The zero-order chi connectivity index (χ0) is 11.5. The predicted molar refractivity (Wildman–Crippen MR) is 59.3 cm³/mol. The molecule has 0 saturated heterocycles. The molecule has 0 aliphatic rings. The summed E-state index contributed by atoms with van der Waals surface area (Å²) < 4.78 is 12.7. The maximum Gasteiger partial charge on any atom is 0.141 e. The average Bonchev–Trinajstić information content (AvgIpc) is 2.61. The number of hydrogen-bond donors (Lipinski definition) is 2. The molecule has 0 amide bonds. The predicted octanol–water partition coefficient (Wildman–Crippen LogP) is 1.42. The molecule has 16 heavy (non-hydrogen) atoms. The Bertz CT molecular complexity index is 475. The van der Waals surface area contributed by atoms with Crippen LogP contribution in [-0.2, 0) is 6.42 Å². The molecule has 0 aromatic carbocycles. The van der Waals surface area contributed by atoms with Gasteiger partial charge in [-0.15, -0.1) is 0 Å². The normalized spacial score (nSPS) is 10.7. The van der Waals surface area contributed by atoms with Crippen LogP contribution in [0.3, 0.4) is 0 Å². The Morgan fingerprint density at radius 2 is 2.25 bits per heavy atom. The molecule has 4 nitrogen and oxygen atoms in total. The molecular weight excluding hydrogens is 207 g/mol. The van der Waals surface area contributed by atoms with Crippen molar-refractivity contribution >= 4 is 0 Å². The van der Waals surface area contributed by atoms with Crippen molar-refractivity contribution in [3.05, 3.63) is 35.7 Å². The first kappa shape index (κ1) is 10.8. The lowest BCUT2D eigenvalue weighted by Crippen LogP contribution is -2.03. The van der Waals surface area contributed by atoms with Crippen LogP contribution in [0.1, 0.15) is 11.5 Å². The van der Waals surface area contributed by atoms with E-state index < -0.39 is 0 Å². The van der Waals surface area contributed by atoms with Crippen LogP contribution in [0.15, 0.2) is 18.3 Å². The van der Waals surface area contributed by atoms with Crippen molar-refractivity contribution in [2.75, 3.05) is 6.54 Å². The fraction of sp³-hybridized carbons (Fsp3) is 0.273. The number of halogens is 1. The largest absolute Gasteiger partial charge is 0.345 e. The number of pyridine rings is 1. The minimum Gasteiger partial charge on any atom is -0.345 e. The first-order valence-corrected chi connectivity index (χ1v) is 5.08. The number of aryl methyl sites for hydroxylation is 1. The Balaban J connectivity index is 2.36. The summed E-state index contributed by atoms with van der Waals surface area (Å²) >= 11 is 0. The van der Waals surface area contributed by atoms with Crippen LogP contribution in [0.25, 0.3) is 11.4 Å². The number of nitrogens with one attached hydrogen (secondary N) is 1. The highest BCUT2D eigenvalue weighted by Gasteiger charge is 2.09. The van der Waals surface area contributed by atoms with Crippen LogP contribution in [0.5, 0.6) is 0 Å². The highest BCUT2D eigenvalue weighted by atomic mass is 19.1. The van der Waals surface area contributed by atoms with Crippen LogP contribution >= 0.6 is 0 Å². The lowest BCUT2D eigenvalue weighted by molar-refractivity contribution is 0.622. The number of rotatable bonds is 3. The highest BCUT2D eigenvalue weighted by Crippen LogP contribution is 2.18. The minimum atomic E-state index is -0.348.